The van der Waals surface area contributed by atoms with Gasteiger partial charge in [0.15, 0.2) is 9.78 Å². The lowest BCUT2D eigenvalue weighted by Gasteiger charge is -2.28. The van der Waals surface area contributed by atoms with Gasteiger partial charge in [0.25, 0.3) is 11.8 Å². The van der Waals surface area contributed by atoms with Crippen molar-refractivity contribution in [2.75, 3.05) is 4.90 Å². The molecule has 5 nitrogen and oxygen atoms in total. The van der Waals surface area contributed by atoms with Gasteiger partial charge in [-0.1, -0.05) is 17.7 Å². The van der Waals surface area contributed by atoms with Gasteiger partial charge in [-0.3, -0.25) is 19.8 Å². The van der Waals surface area contributed by atoms with Crippen molar-refractivity contribution >= 4 is 84.4 Å². The monoisotopic (exact) mass is 488 g/mol. The fraction of sp³-hybridized carbons (Fsp3) is 0. The van der Waals surface area contributed by atoms with E-state index in [4.69, 9.17) is 28.2 Å². The van der Waals surface area contributed by atoms with Gasteiger partial charge in [0, 0.05) is 5.02 Å². The Morgan fingerprint density at radius 1 is 1.25 bits per heavy atom. The average molecular weight is 491 g/mol. The molecule has 24 heavy (non-hydrogen) atoms. The number of thiocarbonyl (C=S) groups is 1. The molecule has 1 saturated heterocycles. The predicted molar refractivity (Wildman–Crippen MR) is 102 cm³/mol. The molecule has 0 spiro atoms. The number of nitrogens with zero attached hydrogens (tertiary/aromatic N) is 1. The first-order valence-corrected chi connectivity index (χ1v) is 8.86. The van der Waals surface area contributed by atoms with E-state index in [9.17, 15) is 9.59 Å². The lowest BCUT2D eigenvalue weighted by atomic mass is 10.1. The minimum Gasteiger partial charge on any atom is -0.449 e. The summed E-state index contributed by atoms with van der Waals surface area (Å²) < 4.78 is 6.51. The van der Waals surface area contributed by atoms with E-state index in [1.54, 1.807) is 30.3 Å². The van der Waals surface area contributed by atoms with Crippen LogP contribution in [0.4, 0.5) is 5.69 Å². The predicted octanol–water partition coefficient (Wildman–Crippen LogP) is 4.29. The van der Waals surface area contributed by atoms with Gasteiger partial charge in [-0.15, -0.1) is 0 Å². The zero-order chi connectivity index (χ0) is 17.4. The van der Waals surface area contributed by atoms with Gasteiger partial charge >= 0.3 is 0 Å². The first kappa shape index (κ1) is 17.3. The minimum absolute atomic E-state index is 0.00813. The van der Waals surface area contributed by atoms with Gasteiger partial charge in [-0.25, -0.2) is 0 Å². The van der Waals surface area contributed by atoms with Gasteiger partial charge in [0.05, 0.1) is 10.2 Å². The van der Waals surface area contributed by atoms with Crippen molar-refractivity contribution in [2.45, 2.75) is 0 Å². The molecule has 1 aromatic heterocycles. The molecule has 122 valence electrons. The van der Waals surface area contributed by atoms with Gasteiger partial charge in [0.1, 0.15) is 11.3 Å². The molecule has 1 N–H and O–H groups in total. The first-order valence-electron chi connectivity index (χ1n) is 6.48. The van der Waals surface area contributed by atoms with Gasteiger partial charge in [-0.2, -0.15) is 0 Å². The van der Waals surface area contributed by atoms with Crippen LogP contribution >= 0.6 is 55.7 Å². The maximum Gasteiger partial charge on any atom is 0.270 e. The van der Waals surface area contributed by atoms with E-state index in [0.717, 1.165) is 0 Å². The number of anilines is 1. The fourth-order valence-electron chi connectivity index (χ4n) is 2.08. The minimum atomic E-state index is -0.591. The Balaban J connectivity index is 2.03. The molecule has 0 atom stereocenters. The topological polar surface area (TPSA) is 62.6 Å². The normalized spacial score (nSPS) is 16.7. The number of hydrogen-bond donors (Lipinski definition) is 1. The maximum absolute atomic E-state index is 12.8. The Hall–Kier alpha value is -1.48. The number of amides is 2. The summed E-state index contributed by atoms with van der Waals surface area (Å²) in [7, 11) is 0. The van der Waals surface area contributed by atoms with Gasteiger partial charge < -0.3 is 4.42 Å². The third kappa shape index (κ3) is 3.32. The molecule has 0 unspecified atom stereocenters. The maximum atomic E-state index is 12.8. The van der Waals surface area contributed by atoms with E-state index in [2.05, 4.69) is 37.2 Å². The molecule has 3 rings (SSSR count). The molecule has 0 bridgehead atoms. The fourth-order valence-corrected chi connectivity index (χ4v) is 3.16. The number of furan rings is 1. The Labute approximate surface area is 163 Å². The van der Waals surface area contributed by atoms with Crippen molar-refractivity contribution in [3.8, 4) is 0 Å². The summed E-state index contributed by atoms with van der Waals surface area (Å²) >= 11 is 17.6. The number of carbonyl (C=O) groups excluding carboxylic acids is 2. The number of hydrogen-bond acceptors (Lipinski definition) is 4. The number of rotatable bonds is 2. The molecular weight excluding hydrogens is 484 g/mol. The third-order valence-corrected chi connectivity index (χ3v) is 5.35. The summed E-state index contributed by atoms with van der Waals surface area (Å²) in [4.78, 5) is 26.1. The summed E-state index contributed by atoms with van der Waals surface area (Å²) in [5, 5.41) is 2.93. The van der Waals surface area contributed by atoms with Crippen LogP contribution in [0, 0.1) is 0 Å². The van der Waals surface area contributed by atoms with Crippen LogP contribution in [0.15, 0.2) is 49.5 Å². The van der Waals surface area contributed by atoms with E-state index in [0.29, 0.717) is 25.6 Å². The van der Waals surface area contributed by atoms with Gasteiger partial charge in [0.2, 0.25) is 0 Å². The van der Waals surface area contributed by atoms with Crippen molar-refractivity contribution in [2.24, 2.45) is 0 Å². The van der Waals surface area contributed by atoms with Crippen LogP contribution < -0.4 is 10.2 Å². The Morgan fingerprint density at radius 2 is 2.00 bits per heavy atom. The zero-order valence-electron chi connectivity index (χ0n) is 11.7. The Morgan fingerprint density at radius 3 is 2.62 bits per heavy atom. The zero-order valence-corrected chi connectivity index (χ0v) is 16.4. The number of benzene rings is 1. The molecular formula is C15H7Br2ClN2O3S. The van der Waals surface area contributed by atoms with Crippen LogP contribution in [0.2, 0.25) is 5.02 Å². The van der Waals surface area contributed by atoms with E-state index < -0.39 is 11.8 Å². The summed E-state index contributed by atoms with van der Waals surface area (Å²) in [5.74, 6) is -0.812. The lowest BCUT2D eigenvalue weighted by Crippen LogP contribution is -2.54. The van der Waals surface area contributed by atoms with Crippen LogP contribution in [0.1, 0.15) is 5.76 Å². The Kier molecular flexibility index (Phi) is 4.91. The summed E-state index contributed by atoms with van der Waals surface area (Å²) in [6.07, 6.45) is 1.35. The number of halogens is 3. The highest BCUT2D eigenvalue weighted by atomic mass is 79.9. The van der Waals surface area contributed by atoms with Crippen LogP contribution in [0.3, 0.4) is 0 Å². The summed E-state index contributed by atoms with van der Waals surface area (Å²) in [6.45, 7) is 0. The molecule has 1 aliphatic rings. The first-order chi connectivity index (χ1) is 11.4. The molecule has 2 heterocycles. The molecule has 0 aliphatic carbocycles. The van der Waals surface area contributed by atoms with E-state index >= 15 is 0 Å². The SMILES string of the molecule is O=C1NC(=S)N(c2cccc(Cl)c2)C(=O)/C1=C/c1cc(Br)c(Br)o1. The van der Waals surface area contributed by atoms with E-state index in [-0.39, 0.29) is 10.7 Å². The van der Waals surface area contributed by atoms with Crippen molar-refractivity contribution in [3.63, 3.8) is 0 Å². The lowest BCUT2D eigenvalue weighted by molar-refractivity contribution is -0.122. The third-order valence-electron chi connectivity index (χ3n) is 3.12. The highest BCUT2D eigenvalue weighted by molar-refractivity contribution is 9.13. The molecule has 0 saturated carbocycles. The molecule has 1 fully saturated rings. The van der Waals surface area contributed by atoms with Crippen LogP contribution in [-0.2, 0) is 9.59 Å². The highest BCUT2D eigenvalue weighted by Gasteiger charge is 2.34. The number of carbonyl (C=O) groups is 2. The highest BCUT2D eigenvalue weighted by Crippen LogP contribution is 2.29. The van der Waals surface area contributed by atoms with Crippen molar-refractivity contribution < 1.29 is 14.0 Å². The van der Waals surface area contributed by atoms with Crippen LogP contribution in [0.25, 0.3) is 6.08 Å². The van der Waals surface area contributed by atoms with Crippen LogP contribution in [0.5, 0.6) is 0 Å². The van der Waals surface area contributed by atoms with Crippen LogP contribution in [-0.4, -0.2) is 16.9 Å². The summed E-state index contributed by atoms with van der Waals surface area (Å²) in [5.41, 5.74) is 0.363. The van der Waals surface area contributed by atoms with Gasteiger partial charge in [-0.05, 0) is 74.4 Å². The largest absolute Gasteiger partial charge is 0.449 e. The molecule has 2 aromatic rings. The van der Waals surface area contributed by atoms with Crippen molar-refractivity contribution in [1.82, 2.24) is 5.32 Å². The molecule has 0 radical (unpaired) electrons. The second-order valence-corrected chi connectivity index (χ2v) is 7.11. The number of nitrogens with one attached hydrogen (secondary N) is 1. The standard InChI is InChI=1S/C15H7Br2ClN2O3S/c16-11-6-9(23-12(11)17)5-10-13(21)19-15(24)20(14(10)22)8-3-1-2-7(18)4-8/h1-6H,(H,19,21,24)/b10-5+. The second kappa shape index (κ2) is 6.79. The molecule has 1 aromatic carbocycles. The molecule has 1 aliphatic heterocycles. The summed E-state index contributed by atoms with van der Waals surface area (Å²) in [6, 6.07) is 8.25. The van der Waals surface area contributed by atoms with E-state index in [1.165, 1.54) is 11.0 Å². The Bertz CT molecular complexity index is 890. The van der Waals surface area contributed by atoms with Crippen molar-refractivity contribution in [1.29, 1.82) is 0 Å². The average Bonchev–Trinajstić information content (AvgIpc) is 2.82. The smallest absolute Gasteiger partial charge is 0.270 e. The molecule has 9 heteroatoms. The quantitative estimate of drug-likeness (QED) is 0.388. The van der Waals surface area contributed by atoms with E-state index in [1.807, 2.05) is 0 Å². The van der Waals surface area contributed by atoms with Crippen molar-refractivity contribution in [3.05, 3.63) is 55.8 Å². The second-order valence-electron chi connectivity index (χ2n) is 4.71. The molecule has 2 amide bonds.